The summed E-state index contributed by atoms with van der Waals surface area (Å²) in [4.78, 5) is 26.6. The number of carbonyl (C=O) groups excluding carboxylic acids is 2. The van der Waals surface area contributed by atoms with Crippen LogP contribution in [0.2, 0.25) is 5.02 Å². The van der Waals surface area contributed by atoms with Gasteiger partial charge in [0.05, 0.1) is 24.9 Å². The third kappa shape index (κ3) is 4.01. The summed E-state index contributed by atoms with van der Waals surface area (Å²) in [7, 11) is 1.29. The van der Waals surface area contributed by atoms with E-state index in [4.69, 9.17) is 11.6 Å². The molecule has 8 nitrogen and oxygen atoms in total. The quantitative estimate of drug-likeness (QED) is 0.634. The Bertz CT molecular complexity index is 1030. The molecule has 0 aliphatic carbocycles. The molecule has 2 N–H and O–H groups in total. The number of fused-ring (bicyclic) bond motifs is 1. The number of halogens is 1. The number of anilines is 1. The van der Waals surface area contributed by atoms with Crippen LogP contribution in [0.15, 0.2) is 24.3 Å². The number of nitrogens with zero attached hydrogens (tertiary/aromatic N) is 3. The Morgan fingerprint density at radius 3 is 2.57 bits per heavy atom. The molecular weight excluding hydrogens is 382 g/mol. The van der Waals surface area contributed by atoms with E-state index in [2.05, 4.69) is 25.2 Å². The van der Waals surface area contributed by atoms with Gasteiger partial charge in [-0.1, -0.05) is 44.5 Å². The van der Waals surface area contributed by atoms with E-state index in [0.717, 1.165) is 5.69 Å². The van der Waals surface area contributed by atoms with Crippen molar-refractivity contribution in [3.05, 3.63) is 35.0 Å². The van der Waals surface area contributed by atoms with E-state index in [1.54, 1.807) is 12.1 Å². The molecule has 2 heterocycles. The third-order valence-electron chi connectivity index (χ3n) is 4.19. The van der Waals surface area contributed by atoms with Crippen molar-refractivity contribution < 1.29 is 14.3 Å². The summed E-state index contributed by atoms with van der Waals surface area (Å²) < 4.78 is 6.02. The lowest BCUT2D eigenvalue weighted by Crippen LogP contribution is -2.14. The molecule has 1 aromatic carbocycles. The predicted molar refractivity (Wildman–Crippen MR) is 106 cm³/mol. The summed E-state index contributed by atoms with van der Waals surface area (Å²) in [5.74, 6) is -0.198. The highest BCUT2D eigenvalue weighted by Gasteiger charge is 2.25. The lowest BCUT2D eigenvalue weighted by molar-refractivity contribution is -0.141. The summed E-state index contributed by atoms with van der Waals surface area (Å²) >= 11 is 6.48. The standard InChI is InChI=1S/C19H22ClN5O3/c1-19(2,3)16-15(20)18-22-17(24-25(18)23-16)11-7-5-6-8-12(11)21-13(26)9-10-14(27)28-4/h5-8H,9-10H2,1-4H3,(H,21,26)(H,22,24). The first kappa shape index (κ1) is 19.9. The van der Waals surface area contributed by atoms with E-state index >= 15 is 0 Å². The molecule has 0 bridgehead atoms. The smallest absolute Gasteiger partial charge is 0.306 e. The molecule has 28 heavy (non-hydrogen) atoms. The fraction of sp³-hybridized carbons (Fsp3) is 0.368. The number of hydrogen-bond donors (Lipinski definition) is 2. The minimum absolute atomic E-state index is 0.0181. The minimum Gasteiger partial charge on any atom is -0.469 e. The van der Waals surface area contributed by atoms with Gasteiger partial charge in [0.15, 0.2) is 11.5 Å². The van der Waals surface area contributed by atoms with Crippen LogP contribution in [0, 0.1) is 0 Å². The maximum absolute atomic E-state index is 12.2. The average molecular weight is 404 g/mol. The van der Waals surface area contributed by atoms with Gasteiger partial charge in [0, 0.05) is 17.4 Å². The maximum atomic E-state index is 12.2. The largest absolute Gasteiger partial charge is 0.469 e. The second kappa shape index (κ2) is 7.63. The van der Waals surface area contributed by atoms with Gasteiger partial charge in [0.2, 0.25) is 5.91 Å². The van der Waals surface area contributed by atoms with Crippen LogP contribution < -0.4 is 5.32 Å². The summed E-state index contributed by atoms with van der Waals surface area (Å²) in [6.45, 7) is 6.09. The Morgan fingerprint density at radius 1 is 1.21 bits per heavy atom. The number of esters is 1. The van der Waals surface area contributed by atoms with E-state index < -0.39 is 5.97 Å². The van der Waals surface area contributed by atoms with E-state index in [9.17, 15) is 9.59 Å². The first-order valence-corrected chi connectivity index (χ1v) is 9.19. The van der Waals surface area contributed by atoms with Crippen molar-refractivity contribution in [2.75, 3.05) is 12.4 Å². The molecule has 0 radical (unpaired) electrons. The van der Waals surface area contributed by atoms with Crippen LogP contribution in [0.1, 0.15) is 39.3 Å². The number of carbonyl (C=O) groups is 2. The van der Waals surface area contributed by atoms with Gasteiger partial charge in [-0.05, 0) is 12.1 Å². The number of benzene rings is 1. The van der Waals surface area contributed by atoms with Gasteiger partial charge in [-0.25, -0.2) is 0 Å². The van der Waals surface area contributed by atoms with Crippen LogP contribution in [0.5, 0.6) is 0 Å². The molecule has 0 spiro atoms. The second-order valence-electron chi connectivity index (χ2n) is 7.39. The first-order chi connectivity index (χ1) is 13.2. The monoisotopic (exact) mass is 403 g/mol. The Morgan fingerprint density at radius 2 is 1.93 bits per heavy atom. The summed E-state index contributed by atoms with van der Waals surface area (Å²) in [5.41, 5.74) is 2.39. The predicted octanol–water partition coefficient (Wildman–Crippen LogP) is 3.57. The fourth-order valence-corrected chi connectivity index (χ4v) is 3.17. The number of hydrogen-bond acceptors (Lipinski definition) is 5. The molecule has 9 heteroatoms. The van der Waals surface area contributed by atoms with Crippen LogP contribution in [-0.2, 0) is 19.7 Å². The number of methoxy groups -OCH3 is 1. The number of aromatic nitrogens is 4. The van der Waals surface area contributed by atoms with Crippen molar-refractivity contribution >= 4 is 34.8 Å². The number of para-hydroxylation sites is 1. The normalized spacial score (nSPS) is 11.6. The molecule has 3 rings (SSSR count). The van der Waals surface area contributed by atoms with Gasteiger partial charge in [-0.15, -0.1) is 9.73 Å². The molecule has 0 aliphatic rings. The van der Waals surface area contributed by atoms with Crippen molar-refractivity contribution in [2.45, 2.75) is 39.0 Å². The molecule has 0 atom stereocenters. The van der Waals surface area contributed by atoms with Crippen LogP contribution in [0.4, 0.5) is 5.69 Å². The summed E-state index contributed by atoms with van der Waals surface area (Å²) in [5, 5.41) is 12.3. The van der Waals surface area contributed by atoms with Gasteiger partial charge < -0.3 is 15.0 Å². The van der Waals surface area contributed by atoms with Gasteiger partial charge in [0.1, 0.15) is 5.02 Å². The Labute approximate surface area is 167 Å². The van der Waals surface area contributed by atoms with Crippen molar-refractivity contribution in [3.63, 3.8) is 0 Å². The Hall–Kier alpha value is -2.87. The molecule has 0 aliphatic heterocycles. The molecule has 2 aromatic heterocycles. The van der Waals surface area contributed by atoms with Crippen LogP contribution in [-0.4, -0.2) is 38.8 Å². The molecule has 1 amide bonds. The summed E-state index contributed by atoms with van der Waals surface area (Å²) in [6.07, 6.45) is 0.0491. The van der Waals surface area contributed by atoms with Gasteiger partial charge in [-0.3, -0.25) is 9.59 Å². The van der Waals surface area contributed by atoms with Gasteiger partial charge in [-0.2, -0.15) is 5.10 Å². The topological polar surface area (TPSA) is 101 Å². The van der Waals surface area contributed by atoms with Crippen molar-refractivity contribution in [1.82, 2.24) is 19.8 Å². The SMILES string of the molecule is COC(=O)CCC(=O)Nc1ccccc1-c1nn2nc(C(C)(C)C)c(Cl)c2[nH]1. The zero-order valence-corrected chi connectivity index (χ0v) is 16.9. The van der Waals surface area contributed by atoms with Crippen LogP contribution >= 0.6 is 11.6 Å². The van der Waals surface area contributed by atoms with Crippen LogP contribution in [0.25, 0.3) is 17.0 Å². The van der Waals surface area contributed by atoms with Gasteiger partial charge in [0.25, 0.3) is 0 Å². The minimum atomic E-state index is -0.431. The second-order valence-corrected chi connectivity index (χ2v) is 7.77. The molecule has 3 aromatic rings. The zero-order chi connectivity index (χ0) is 20.5. The highest BCUT2D eigenvalue weighted by molar-refractivity contribution is 6.34. The Kier molecular flexibility index (Phi) is 5.42. The number of amides is 1. The van der Waals surface area contributed by atoms with Crippen molar-refractivity contribution in [1.29, 1.82) is 0 Å². The van der Waals surface area contributed by atoms with Gasteiger partial charge >= 0.3 is 5.97 Å². The molecule has 0 saturated heterocycles. The zero-order valence-electron chi connectivity index (χ0n) is 16.2. The van der Waals surface area contributed by atoms with E-state index in [1.807, 2.05) is 32.9 Å². The number of rotatable bonds is 5. The van der Waals surface area contributed by atoms with Crippen LogP contribution in [0.3, 0.4) is 0 Å². The molecule has 0 saturated carbocycles. The van der Waals surface area contributed by atoms with Crippen molar-refractivity contribution in [2.24, 2.45) is 0 Å². The first-order valence-electron chi connectivity index (χ1n) is 8.81. The lowest BCUT2D eigenvalue weighted by Gasteiger charge is -2.14. The van der Waals surface area contributed by atoms with Crippen molar-refractivity contribution in [3.8, 4) is 11.4 Å². The van der Waals surface area contributed by atoms with E-state index in [0.29, 0.717) is 27.7 Å². The summed E-state index contributed by atoms with van der Waals surface area (Å²) in [6, 6.07) is 7.23. The fourth-order valence-electron chi connectivity index (χ4n) is 2.73. The molecule has 148 valence electrons. The highest BCUT2D eigenvalue weighted by atomic mass is 35.5. The average Bonchev–Trinajstić information content (AvgIpc) is 3.19. The molecule has 0 fully saturated rings. The maximum Gasteiger partial charge on any atom is 0.306 e. The molecular formula is C19H22ClN5O3. The Balaban J connectivity index is 1.88. The number of nitrogens with one attached hydrogen (secondary N) is 2. The number of ether oxygens (including phenoxy) is 1. The lowest BCUT2D eigenvalue weighted by atomic mass is 9.92. The van der Waals surface area contributed by atoms with E-state index in [-0.39, 0.29) is 24.2 Å². The van der Waals surface area contributed by atoms with E-state index in [1.165, 1.54) is 11.7 Å². The number of H-pyrrole nitrogens is 1. The number of aromatic amines is 1. The highest BCUT2D eigenvalue weighted by Crippen LogP contribution is 2.33. The molecule has 0 unspecified atom stereocenters. The third-order valence-corrected chi connectivity index (χ3v) is 4.55.